The quantitative estimate of drug-likeness (QED) is 0.860. The van der Waals surface area contributed by atoms with E-state index in [4.69, 9.17) is 0 Å². The van der Waals surface area contributed by atoms with Gasteiger partial charge in [-0.2, -0.15) is 0 Å². The molecule has 2 aliphatic rings. The Hall–Kier alpha value is -1.36. The van der Waals surface area contributed by atoms with Crippen LogP contribution in [-0.4, -0.2) is 29.3 Å². The van der Waals surface area contributed by atoms with Crippen molar-refractivity contribution in [1.82, 2.24) is 10.2 Å². The number of rotatable bonds is 1. The number of hydrogen-bond donors (Lipinski definition) is 1. The van der Waals surface area contributed by atoms with Crippen LogP contribution in [0.15, 0.2) is 22.7 Å². The van der Waals surface area contributed by atoms with E-state index < -0.39 is 0 Å². The van der Waals surface area contributed by atoms with Crippen molar-refractivity contribution < 1.29 is 9.59 Å². The molecule has 1 N–H and O–H groups in total. The van der Waals surface area contributed by atoms with Gasteiger partial charge in [0, 0.05) is 23.1 Å². The molecule has 3 rings (SSSR count). The molecule has 0 saturated carbocycles. The number of nitrogens with zero attached hydrogens (tertiary/aromatic N) is 1. The van der Waals surface area contributed by atoms with Gasteiger partial charge in [-0.1, -0.05) is 15.9 Å². The summed E-state index contributed by atoms with van der Waals surface area (Å²) in [6.07, 6.45) is 2.72. The van der Waals surface area contributed by atoms with Crippen molar-refractivity contribution in [2.75, 3.05) is 6.54 Å². The first-order valence-electron chi connectivity index (χ1n) is 6.54. The number of halogens is 1. The molecular formula is C14H15BrN2O2. The van der Waals surface area contributed by atoms with E-state index in [0.717, 1.165) is 41.4 Å². The average molecular weight is 323 g/mol. The molecule has 2 amide bonds. The van der Waals surface area contributed by atoms with Crippen molar-refractivity contribution >= 4 is 27.7 Å². The lowest BCUT2D eigenvalue weighted by molar-refractivity contribution is -0.125. The predicted molar refractivity (Wildman–Crippen MR) is 74.7 cm³/mol. The Morgan fingerprint density at radius 2 is 2.11 bits per heavy atom. The van der Waals surface area contributed by atoms with Gasteiger partial charge in [-0.15, -0.1) is 0 Å². The lowest BCUT2D eigenvalue weighted by atomic mass is 10.1. The largest absolute Gasteiger partial charge is 0.354 e. The Labute approximate surface area is 120 Å². The first-order chi connectivity index (χ1) is 9.16. The Bertz CT molecular complexity index is 544. The maximum atomic E-state index is 12.4. The standard InChI is InChI=1S/C14H15BrN2O2/c15-10-4-5-11-9(7-10)8-17(14(11)19)12-3-1-2-6-16-13(12)18/h4-5,7,12H,1-3,6,8H2,(H,16,18). The maximum absolute atomic E-state index is 12.4. The van der Waals surface area contributed by atoms with Gasteiger partial charge in [-0.05, 0) is 43.0 Å². The third kappa shape index (κ3) is 2.27. The van der Waals surface area contributed by atoms with Crippen LogP contribution in [0.2, 0.25) is 0 Å². The van der Waals surface area contributed by atoms with E-state index in [1.165, 1.54) is 0 Å². The molecule has 1 fully saturated rings. The molecule has 1 saturated heterocycles. The second kappa shape index (κ2) is 4.96. The van der Waals surface area contributed by atoms with Gasteiger partial charge in [0.05, 0.1) is 0 Å². The summed E-state index contributed by atoms with van der Waals surface area (Å²) in [4.78, 5) is 26.2. The summed E-state index contributed by atoms with van der Waals surface area (Å²) in [6.45, 7) is 1.25. The molecule has 1 aromatic carbocycles. The lowest BCUT2D eigenvalue weighted by Gasteiger charge is -2.25. The van der Waals surface area contributed by atoms with E-state index in [1.54, 1.807) is 4.90 Å². The van der Waals surface area contributed by atoms with Crippen molar-refractivity contribution in [3.8, 4) is 0 Å². The predicted octanol–water partition coefficient (Wildman–Crippen LogP) is 2.07. The van der Waals surface area contributed by atoms with Crippen LogP contribution in [0.25, 0.3) is 0 Å². The normalized spacial score (nSPS) is 23.0. The van der Waals surface area contributed by atoms with E-state index in [9.17, 15) is 9.59 Å². The molecule has 1 aromatic rings. The van der Waals surface area contributed by atoms with Crippen LogP contribution in [0.3, 0.4) is 0 Å². The minimum absolute atomic E-state index is 0.0160. The van der Waals surface area contributed by atoms with Gasteiger partial charge in [0.15, 0.2) is 0 Å². The molecule has 0 radical (unpaired) electrons. The highest BCUT2D eigenvalue weighted by Gasteiger charge is 2.36. The van der Waals surface area contributed by atoms with Gasteiger partial charge in [0.1, 0.15) is 6.04 Å². The molecule has 1 unspecified atom stereocenters. The zero-order valence-electron chi connectivity index (χ0n) is 10.5. The number of carbonyl (C=O) groups excluding carboxylic acids is 2. The van der Waals surface area contributed by atoms with E-state index in [1.807, 2.05) is 18.2 Å². The first kappa shape index (κ1) is 12.7. The minimum atomic E-state index is -0.318. The van der Waals surface area contributed by atoms with Crippen LogP contribution in [0.5, 0.6) is 0 Å². The van der Waals surface area contributed by atoms with Crippen LogP contribution in [-0.2, 0) is 11.3 Å². The summed E-state index contributed by atoms with van der Waals surface area (Å²) >= 11 is 3.42. The van der Waals surface area contributed by atoms with Crippen molar-refractivity contribution in [3.63, 3.8) is 0 Å². The summed E-state index contributed by atoms with van der Waals surface area (Å²) in [7, 11) is 0. The van der Waals surface area contributed by atoms with E-state index in [2.05, 4.69) is 21.2 Å². The number of carbonyl (C=O) groups is 2. The third-order valence-electron chi connectivity index (χ3n) is 3.78. The lowest BCUT2D eigenvalue weighted by Crippen LogP contribution is -2.45. The second-order valence-corrected chi connectivity index (χ2v) is 5.95. The van der Waals surface area contributed by atoms with Crippen LogP contribution in [0.1, 0.15) is 35.2 Å². The van der Waals surface area contributed by atoms with Gasteiger partial charge in [0.25, 0.3) is 5.91 Å². The molecular weight excluding hydrogens is 308 g/mol. The Kier molecular flexibility index (Phi) is 3.31. The number of benzene rings is 1. The highest BCUT2D eigenvalue weighted by atomic mass is 79.9. The topological polar surface area (TPSA) is 49.4 Å². The first-order valence-corrected chi connectivity index (χ1v) is 7.33. The highest BCUT2D eigenvalue weighted by molar-refractivity contribution is 9.10. The molecule has 0 aliphatic carbocycles. The van der Waals surface area contributed by atoms with Crippen molar-refractivity contribution in [1.29, 1.82) is 0 Å². The van der Waals surface area contributed by atoms with E-state index >= 15 is 0 Å². The number of fused-ring (bicyclic) bond motifs is 1. The molecule has 4 nitrogen and oxygen atoms in total. The fourth-order valence-electron chi connectivity index (χ4n) is 2.78. The van der Waals surface area contributed by atoms with Gasteiger partial charge < -0.3 is 10.2 Å². The second-order valence-electron chi connectivity index (χ2n) is 5.04. The molecule has 1 atom stereocenters. The summed E-state index contributed by atoms with van der Waals surface area (Å²) in [5.41, 5.74) is 1.72. The van der Waals surface area contributed by atoms with Gasteiger partial charge in [-0.3, -0.25) is 9.59 Å². The number of nitrogens with one attached hydrogen (secondary N) is 1. The zero-order chi connectivity index (χ0) is 13.4. The number of amides is 2. The zero-order valence-corrected chi connectivity index (χ0v) is 12.1. The SMILES string of the molecule is O=C1NCCCCC1N1Cc2cc(Br)ccc2C1=O. The molecule has 5 heteroatoms. The van der Waals surface area contributed by atoms with Crippen LogP contribution < -0.4 is 5.32 Å². The molecule has 0 bridgehead atoms. The van der Waals surface area contributed by atoms with Crippen LogP contribution in [0.4, 0.5) is 0 Å². The van der Waals surface area contributed by atoms with Gasteiger partial charge >= 0.3 is 0 Å². The minimum Gasteiger partial charge on any atom is -0.354 e. The van der Waals surface area contributed by atoms with E-state index in [0.29, 0.717) is 6.54 Å². The monoisotopic (exact) mass is 322 g/mol. The summed E-state index contributed by atoms with van der Waals surface area (Å²) < 4.78 is 0.964. The van der Waals surface area contributed by atoms with Crippen molar-refractivity contribution in [2.45, 2.75) is 31.8 Å². The smallest absolute Gasteiger partial charge is 0.255 e. The molecule has 19 heavy (non-hydrogen) atoms. The highest BCUT2D eigenvalue weighted by Crippen LogP contribution is 2.29. The molecule has 0 spiro atoms. The third-order valence-corrected chi connectivity index (χ3v) is 4.27. The molecule has 2 aliphatic heterocycles. The van der Waals surface area contributed by atoms with Gasteiger partial charge in [0.2, 0.25) is 5.91 Å². The van der Waals surface area contributed by atoms with Crippen molar-refractivity contribution in [3.05, 3.63) is 33.8 Å². The fourth-order valence-corrected chi connectivity index (χ4v) is 3.19. The van der Waals surface area contributed by atoms with E-state index in [-0.39, 0.29) is 17.9 Å². The molecule has 2 heterocycles. The summed E-state index contributed by atoms with van der Waals surface area (Å²) in [5.74, 6) is -0.0396. The summed E-state index contributed by atoms with van der Waals surface area (Å²) in [6, 6.07) is 5.34. The fraction of sp³-hybridized carbons (Fsp3) is 0.429. The summed E-state index contributed by atoms with van der Waals surface area (Å²) in [5, 5.41) is 2.89. The maximum Gasteiger partial charge on any atom is 0.255 e. The molecule has 100 valence electrons. The number of hydrogen-bond acceptors (Lipinski definition) is 2. The Balaban J connectivity index is 1.88. The van der Waals surface area contributed by atoms with Crippen LogP contribution >= 0.6 is 15.9 Å². The molecule has 0 aromatic heterocycles. The van der Waals surface area contributed by atoms with Gasteiger partial charge in [-0.25, -0.2) is 0 Å². The van der Waals surface area contributed by atoms with Crippen LogP contribution in [0, 0.1) is 0 Å². The average Bonchev–Trinajstić information content (AvgIpc) is 2.57. The van der Waals surface area contributed by atoms with Crippen molar-refractivity contribution in [2.24, 2.45) is 0 Å². The Morgan fingerprint density at radius 1 is 1.26 bits per heavy atom. The Morgan fingerprint density at radius 3 is 2.95 bits per heavy atom.